The van der Waals surface area contributed by atoms with Crippen molar-refractivity contribution in [1.82, 2.24) is 0 Å². The Balaban J connectivity index is 4.88. The van der Waals surface area contributed by atoms with Gasteiger partial charge in [0.1, 0.15) is 0 Å². The predicted octanol–water partition coefficient (Wildman–Crippen LogP) is 1.67. The Kier molecular flexibility index (Phi) is 7.78. The molecule has 0 radical (unpaired) electrons. The predicted molar refractivity (Wildman–Crippen MR) is 60.8 cm³/mol. The Bertz CT molecular complexity index is 277. The highest BCUT2D eigenvalue weighted by Gasteiger charge is 2.37. The fourth-order valence-electron chi connectivity index (χ4n) is 1.51. The second kappa shape index (κ2) is 8.57. The molecule has 0 bridgehead atoms. The Labute approximate surface area is 102 Å². The van der Waals surface area contributed by atoms with Gasteiger partial charge in [0.25, 0.3) is 0 Å². The Morgan fingerprint density at radius 1 is 1.12 bits per heavy atom. The van der Waals surface area contributed by atoms with E-state index >= 15 is 0 Å². The molecule has 0 aliphatic heterocycles. The summed E-state index contributed by atoms with van der Waals surface area (Å²) in [5.41, 5.74) is 0. The molecular weight excluding hydrogens is 222 g/mol. The summed E-state index contributed by atoms with van der Waals surface area (Å²) < 4.78 is 9.62. The second-order valence-electron chi connectivity index (χ2n) is 3.51. The number of carbonyl (C=O) groups is 2. The van der Waals surface area contributed by atoms with Gasteiger partial charge >= 0.3 is 11.9 Å². The fraction of sp³-hybridized carbons (Fsp3) is 0.750. The maximum atomic E-state index is 11.7. The van der Waals surface area contributed by atoms with Crippen LogP contribution >= 0.6 is 0 Å². The first kappa shape index (κ1) is 15.4. The minimum atomic E-state index is -1.13. The van der Waals surface area contributed by atoms with E-state index in [1.807, 2.05) is 13.0 Å². The summed E-state index contributed by atoms with van der Waals surface area (Å²) in [5, 5.41) is 9.00. The van der Waals surface area contributed by atoms with E-state index in [0.717, 1.165) is 0 Å². The lowest BCUT2D eigenvalue weighted by atomic mass is 9.90. The molecule has 0 aromatic heterocycles. The molecule has 0 heterocycles. The molecule has 96 valence electrons. The largest absolute Gasteiger partial charge is 0.465 e. The normalized spacial score (nSPS) is 11.7. The summed E-state index contributed by atoms with van der Waals surface area (Å²) in [5.74, 6) is -3.16. The van der Waals surface area contributed by atoms with Crippen LogP contribution in [-0.2, 0) is 19.1 Å². The average Bonchev–Trinajstić information content (AvgIpc) is 2.29. The van der Waals surface area contributed by atoms with Crippen LogP contribution in [0.3, 0.4) is 0 Å². The lowest BCUT2D eigenvalue weighted by molar-refractivity contribution is -0.163. The van der Waals surface area contributed by atoms with Crippen LogP contribution in [0.5, 0.6) is 0 Å². The van der Waals surface area contributed by atoms with E-state index in [2.05, 4.69) is 0 Å². The number of ether oxygens (including phenoxy) is 2. The molecule has 0 fully saturated rings. The van der Waals surface area contributed by atoms with Gasteiger partial charge < -0.3 is 9.47 Å². The van der Waals surface area contributed by atoms with Gasteiger partial charge in [0.15, 0.2) is 5.92 Å². The zero-order valence-electron chi connectivity index (χ0n) is 10.6. The van der Waals surface area contributed by atoms with Crippen LogP contribution in [0, 0.1) is 23.2 Å². The van der Waals surface area contributed by atoms with Crippen molar-refractivity contribution < 1.29 is 19.1 Å². The van der Waals surface area contributed by atoms with Crippen molar-refractivity contribution in [3.05, 3.63) is 0 Å². The summed E-state index contributed by atoms with van der Waals surface area (Å²) in [6, 6.07) is 1.98. The third kappa shape index (κ3) is 4.85. The molecule has 17 heavy (non-hydrogen) atoms. The third-order valence-corrected chi connectivity index (χ3v) is 2.25. The molecule has 5 heteroatoms. The zero-order valence-corrected chi connectivity index (χ0v) is 10.6. The van der Waals surface area contributed by atoms with E-state index in [-0.39, 0.29) is 13.2 Å². The molecule has 0 saturated carbocycles. The van der Waals surface area contributed by atoms with Gasteiger partial charge in [-0.25, -0.2) is 0 Å². The highest BCUT2D eigenvalue weighted by Crippen LogP contribution is 2.20. The molecule has 0 aromatic rings. The summed E-state index contributed by atoms with van der Waals surface area (Å²) in [7, 11) is 0. The number of esters is 2. The van der Waals surface area contributed by atoms with Crippen LogP contribution in [0.1, 0.15) is 33.6 Å². The van der Waals surface area contributed by atoms with E-state index in [1.165, 1.54) is 0 Å². The van der Waals surface area contributed by atoms with Crippen LogP contribution < -0.4 is 0 Å². The van der Waals surface area contributed by atoms with Gasteiger partial charge in [0, 0.05) is 0 Å². The van der Waals surface area contributed by atoms with Gasteiger partial charge in [-0.05, 0) is 20.3 Å². The van der Waals surface area contributed by atoms with Crippen LogP contribution in [0.25, 0.3) is 0 Å². The molecule has 0 rings (SSSR count). The van der Waals surface area contributed by atoms with Crippen molar-refractivity contribution >= 4 is 11.9 Å². The molecule has 0 saturated heterocycles. The molecule has 0 amide bonds. The minimum Gasteiger partial charge on any atom is -0.465 e. The number of carbonyl (C=O) groups excluding carboxylic acids is 2. The topological polar surface area (TPSA) is 76.4 Å². The van der Waals surface area contributed by atoms with Gasteiger partial charge in [-0.3, -0.25) is 9.59 Å². The van der Waals surface area contributed by atoms with Crippen molar-refractivity contribution in [3.8, 4) is 6.07 Å². The maximum absolute atomic E-state index is 11.7. The first-order chi connectivity index (χ1) is 8.12. The Morgan fingerprint density at radius 2 is 1.59 bits per heavy atom. The zero-order chi connectivity index (χ0) is 13.3. The molecule has 0 aliphatic rings. The molecule has 0 aliphatic carbocycles. The number of nitrogens with zero attached hydrogens (tertiary/aromatic N) is 1. The third-order valence-electron chi connectivity index (χ3n) is 2.25. The Morgan fingerprint density at radius 3 is 1.88 bits per heavy atom. The van der Waals surface area contributed by atoms with Crippen molar-refractivity contribution in [2.75, 3.05) is 13.2 Å². The van der Waals surface area contributed by atoms with Gasteiger partial charge in [-0.1, -0.05) is 13.3 Å². The first-order valence-electron chi connectivity index (χ1n) is 5.85. The van der Waals surface area contributed by atoms with Gasteiger partial charge in [0.05, 0.1) is 25.2 Å². The summed E-state index contributed by atoms with van der Waals surface area (Å²) in [6.07, 6.45) is 1.19. The second-order valence-corrected chi connectivity index (χ2v) is 3.51. The minimum absolute atomic E-state index is 0.180. The fourth-order valence-corrected chi connectivity index (χ4v) is 1.51. The maximum Gasteiger partial charge on any atom is 0.321 e. The molecule has 0 N–H and O–H groups in total. The lowest BCUT2D eigenvalue weighted by Gasteiger charge is -2.18. The van der Waals surface area contributed by atoms with Crippen LogP contribution in [0.2, 0.25) is 0 Å². The lowest BCUT2D eigenvalue weighted by Crippen LogP contribution is -2.34. The molecule has 1 atom stereocenters. The van der Waals surface area contributed by atoms with Gasteiger partial charge in [-0.2, -0.15) is 5.26 Å². The molecule has 0 spiro atoms. The quantitative estimate of drug-likeness (QED) is 0.500. The molecule has 1 unspecified atom stereocenters. The van der Waals surface area contributed by atoms with Crippen molar-refractivity contribution in [1.29, 1.82) is 5.26 Å². The van der Waals surface area contributed by atoms with Crippen molar-refractivity contribution in [2.24, 2.45) is 11.8 Å². The SMILES string of the molecule is CCCC(C#N)C(C(=O)OCC)C(=O)OCC. The Hall–Kier alpha value is -1.57. The monoisotopic (exact) mass is 241 g/mol. The molecule has 0 aromatic carbocycles. The van der Waals surface area contributed by atoms with Crippen LogP contribution in [0.15, 0.2) is 0 Å². The van der Waals surface area contributed by atoms with E-state index < -0.39 is 23.8 Å². The van der Waals surface area contributed by atoms with Crippen molar-refractivity contribution in [3.63, 3.8) is 0 Å². The first-order valence-corrected chi connectivity index (χ1v) is 5.85. The standard InChI is InChI=1S/C12H19NO4/c1-4-7-9(8-13)10(11(14)16-5-2)12(15)17-6-3/h9-10H,4-7H2,1-3H3. The summed E-state index contributed by atoms with van der Waals surface area (Å²) >= 11 is 0. The van der Waals surface area contributed by atoms with E-state index in [4.69, 9.17) is 14.7 Å². The highest BCUT2D eigenvalue weighted by atomic mass is 16.6. The van der Waals surface area contributed by atoms with E-state index in [1.54, 1.807) is 13.8 Å². The summed E-state index contributed by atoms with van der Waals surface area (Å²) in [4.78, 5) is 23.3. The van der Waals surface area contributed by atoms with Crippen molar-refractivity contribution in [2.45, 2.75) is 33.6 Å². The summed E-state index contributed by atoms with van der Waals surface area (Å²) in [6.45, 7) is 5.55. The molecule has 5 nitrogen and oxygen atoms in total. The van der Waals surface area contributed by atoms with Crippen LogP contribution in [-0.4, -0.2) is 25.2 Å². The highest BCUT2D eigenvalue weighted by molar-refractivity contribution is 5.95. The average molecular weight is 241 g/mol. The number of nitriles is 1. The van der Waals surface area contributed by atoms with E-state index in [0.29, 0.717) is 12.8 Å². The number of rotatable bonds is 7. The van der Waals surface area contributed by atoms with E-state index in [9.17, 15) is 9.59 Å². The smallest absolute Gasteiger partial charge is 0.321 e. The van der Waals surface area contributed by atoms with Gasteiger partial charge in [-0.15, -0.1) is 0 Å². The number of hydrogen-bond donors (Lipinski definition) is 0. The van der Waals surface area contributed by atoms with Crippen LogP contribution in [0.4, 0.5) is 0 Å². The van der Waals surface area contributed by atoms with Gasteiger partial charge in [0.2, 0.25) is 0 Å². The number of hydrogen-bond acceptors (Lipinski definition) is 5. The molecular formula is C12H19NO4.